The van der Waals surface area contributed by atoms with Crippen molar-refractivity contribution < 1.29 is 14.3 Å². The molecular formula is C20H20ClNO3. The van der Waals surface area contributed by atoms with E-state index in [1.165, 1.54) is 5.56 Å². The molecule has 0 unspecified atom stereocenters. The summed E-state index contributed by atoms with van der Waals surface area (Å²) in [5.74, 6) is 1.28. The van der Waals surface area contributed by atoms with E-state index in [4.69, 9.17) is 21.1 Å². The second kappa shape index (κ2) is 6.60. The van der Waals surface area contributed by atoms with Gasteiger partial charge in [0.05, 0.1) is 24.7 Å². The normalized spacial score (nSPS) is 18.6. The summed E-state index contributed by atoms with van der Waals surface area (Å²) in [6, 6.07) is 11.9. The maximum Gasteiger partial charge on any atom is 0.231 e. The Morgan fingerprint density at radius 3 is 2.92 bits per heavy atom. The summed E-state index contributed by atoms with van der Waals surface area (Å²) in [7, 11) is 0. The molecule has 0 saturated carbocycles. The van der Waals surface area contributed by atoms with Gasteiger partial charge in [0, 0.05) is 18.2 Å². The summed E-state index contributed by atoms with van der Waals surface area (Å²) in [6.07, 6.45) is 2.00. The standard InChI is InChI=1S/C20H20ClNO3/c1-13-9-15-5-2-3-6-17(15)22(13)19(23)12-14-10-16(21)20-18(11-14)24-7-4-8-25-20/h2-3,5-6,10-11,13H,4,7-9,12H2,1H3/t13-/m1/s1. The molecule has 0 bridgehead atoms. The number of para-hydroxylation sites is 1. The van der Waals surface area contributed by atoms with Crippen LogP contribution in [0.2, 0.25) is 5.02 Å². The molecule has 2 heterocycles. The third kappa shape index (κ3) is 3.07. The van der Waals surface area contributed by atoms with E-state index in [1.54, 1.807) is 6.07 Å². The lowest BCUT2D eigenvalue weighted by Gasteiger charge is -2.23. The topological polar surface area (TPSA) is 38.8 Å². The molecule has 0 aromatic heterocycles. The number of carbonyl (C=O) groups excluding carboxylic acids is 1. The van der Waals surface area contributed by atoms with E-state index >= 15 is 0 Å². The SMILES string of the molecule is C[C@@H]1Cc2ccccc2N1C(=O)Cc1cc(Cl)c2c(c1)OCCCO2. The van der Waals surface area contributed by atoms with Gasteiger partial charge in [-0.2, -0.15) is 0 Å². The lowest BCUT2D eigenvalue weighted by atomic mass is 10.1. The Morgan fingerprint density at radius 1 is 1.24 bits per heavy atom. The largest absolute Gasteiger partial charge is 0.489 e. The van der Waals surface area contributed by atoms with E-state index < -0.39 is 0 Å². The van der Waals surface area contributed by atoms with Crippen LogP contribution in [0.25, 0.3) is 0 Å². The minimum Gasteiger partial charge on any atom is -0.489 e. The molecule has 4 rings (SSSR count). The molecule has 2 aromatic carbocycles. The van der Waals surface area contributed by atoms with Crippen LogP contribution in [0.15, 0.2) is 36.4 Å². The Kier molecular flexibility index (Phi) is 4.30. The molecule has 0 saturated heterocycles. The summed E-state index contributed by atoms with van der Waals surface area (Å²) in [5.41, 5.74) is 3.08. The number of hydrogen-bond donors (Lipinski definition) is 0. The van der Waals surface area contributed by atoms with E-state index in [0.717, 1.165) is 24.1 Å². The molecule has 4 nitrogen and oxygen atoms in total. The van der Waals surface area contributed by atoms with Crippen LogP contribution in [0.4, 0.5) is 5.69 Å². The van der Waals surface area contributed by atoms with E-state index in [0.29, 0.717) is 29.7 Å². The van der Waals surface area contributed by atoms with Gasteiger partial charge in [0.15, 0.2) is 11.5 Å². The van der Waals surface area contributed by atoms with Crippen molar-refractivity contribution >= 4 is 23.2 Å². The average Bonchev–Trinajstić information content (AvgIpc) is 2.75. The number of fused-ring (bicyclic) bond motifs is 2. The van der Waals surface area contributed by atoms with Crippen LogP contribution in [0.3, 0.4) is 0 Å². The van der Waals surface area contributed by atoms with Gasteiger partial charge >= 0.3 is 0 Å². The number of halogens is 1. The first-order chi connectivity index (χ1) is 12.1. The van der Waals surface area contributed by atoms with E-state index in [2.05, 4.69) is 13.0 Å². The summed E-state index contributed by atoms with van der Waals surface area (Å²) in [5, 5.41) is 0.497. The van der Waals surface area contributed by atoms with Crippen molar-refractivity contribution in [2.75, 3.05) is 18.1 Å². The first-order valence-corrected chi connectivity index (χ1v) is 8.99. The minimum atomic E-state index is 0.0722. The van der Waals surface area contributed by atoms with Crippen LogP contribution in [-0.4, -0.2) is 25.2 Å². The fraction of sp³-hybridized carbons (Fsp3) is 0.350. The fourth-order valence-electron chi connectivity index (χ4n) is 3.59. The fourth-order valence-corrected chi connectivity index (χ4v) is 3.88. The third-order valence-electron chi connectivity index (χ3n) is 4.69. The van der Waals surface area contributed by atoms with E-state index in [1.807, 2.05) is 29.2 Å². The van der Waals surface area contributed by atoms with E-state index in [9.17, 15) is 4.79 Å². The highest BCUT2D eigenvalue weighted by Gasteiger charge is 2.30. The Labute approximate surface area is 152 Å². The highest BCUT2D eigenvalue weighted by Crippen LogP contribution is 2.39. The summed E-state index contributed by atoms with van der Waals surface area (Å²) in [6.45, 7) is 3.27. The molecule has 1 atom stereocenters. The molecule has 25 heavy (non-hydrogen) atoms. The van der Waals surface area contributed by atoms with Gasteiger partial charge in [0.25, 0.3) is 0 Å². The summed E-state index contributed by atoms with van der Waals surface area (Å²) in [4.78, 5) is 14.8. The van der Waals surface area contributed by atoms with Gasteiger partial charge < -0.3 is 14.4 Å². The number of nitrogens with zero attached hydrogens (tertiary/aromatic N) is 1. The third-order valence-corrected chi connectivity index (χ3v) is 4.97. The predicted molar refractivity (Wildman–Crippen MR) is 97.9 cm³/mol. The molecule has 0 aliphatic carbocycles. The van der Waals surface area contributed by atoms with Crippen molar-refractivity contribution in [3.63, 3.8) is 0 Å². The van der Waals surface area contributed by atoms with Gasteiger partial charge in [-0.1, -0.05) is 29.8 Å². The molecule has 2 aliphatic rings. The Bertz CT molecular complexity index is 821. The Morgan fingerprint density at radius 2 is 2.04 bits per heavy atom. The van der Waals surface area contributed by atoms with Crippen LogP contribution in [0.1, 0.15) is 24.5 Å². The maximum absolute atomic E-state index is 12.9. The molecular weight excluding hydrogens is 338 g/mol. The zero-order valence-corrected chi connectivity index (χ0v) is 14.9. The van der Waals surface area contributed by atoms with Gasteiger partial charge in [0.1, 0.15) is 0 Å². The van der Waals surface area contributed by atoms with Crippen LogP contribution in [-0.2, 0) is 17.6 Å². The Hall–Kier alpha value is -2.20. The minimum absolute atomic E-state index is 0.0722. The molecule has 1 amide bonds. The number of amides is 1. The maximum atomic E-state index is 12.9. The molecule has 0 radical (unpaired) electrons. The van der Waals surface area contributed by atoms with Crippen molar-refractivity contribution in [1.82, 2.24) is 0 Å². The van der Waals surface area contributed by atoms with Crippen LogP contribution >= 0.6 is 11.6 Å². The quantitative estimate of drug-likeness (QED) is 0.814. The molecule has 2 aromatic rings. The summed E-state index contributed by atoms with van der Waals surface area (Å²) >= 11 is 6.34. The zero-order valence-electron chi connectivity index (χ0n) is 14.1. The zero-order chi connectivity index (χ0) is 17.4. The summed E-state index contributed by atoms with van der Waals surface area (Å²) < 4.78 is 11.4. The number of anilines is 1. The van der Waals surface area contributed by atoms with Crippen molar-refractivity contribution in [3.05, 3.63) is 52.5 Å². The van der Waals surface area contributed by atoms with Crippen molar-refractivity contribution in [2.24, 2.45) is 0 Å². The molecule has 0 spiro atoms. The van der Waals surface area contributed by atoms with Gasteiger partial charge in [-0.3, -0.25) is 4.79 Å². The second-order valence-corrected chi connectivity index (χ2v) is 6.98. The van der Waals surface area contributed by atoms with Gasteiger partial charge in [-0.05, 0) is 42.7 Å². The Balaban J connectivity index is 1.59. The van der Waals surface area contributed by atoms with E-state index in [-0.39, 0.29) is 18.4 Å². The van der Waals surface area contributed by atoms with Crippen LogP contribution in [0, 0.1) is 0 Å². The highest BCUT2D eigenvalue weighted by atomic mass is 35.5. The first-order valence-electron chi connectivity index (χ1n) is 8.61. The molecule has 0 fully saturated rings. The lowest BCUT2D eigenvalue weighted by Crippen LogP contribution is -2.36. The number of carbonyl (C=O) groups is 1. The van der Waals surface area contributed by atoms with Crippen molar-refractivity contribution in [2.45, 2.75) is 32.2 Å². The first kappa shape index (κ1) is 16.3. The second-order valence-electron chi connectivity index (χ2n) is 6.58. The average molecular weight is 358 g/mol. The molecule has 2 aliphatic heterocycles. The lowest BCUT2D eigenvalue weighted by molar-refractivity contribution is -0.118. The van der Waals surface area contributed by atoms with Crippen LogP contribution in [0.5, 0.6) is 11.5 Å². The number of hydrogen-bond acceptors (Lipinski definition) is 3. The molecule has 130 valence electrons. The van der Waals surface area contributed by atoms with Gasteiger partial charge in [-0.25, -0.2) is 0 Å². The van der Waals surface area contributed by atoms with Crippen molar-refractivity contribution in [3.8, 4) is 11.5 Å². The smallest absolute Gasteiger partial charge is 0.231 e. The number of benzene rings is 2. The monoisotopic (exact) mass is 357 g/mol. The number of rotatable bonds is 2. The van der Waals surface area contributed by atoms with Crippen LogP contribution < -0.4 is 14.4 Å². The highest BCUT2D eigenvalue weighted by molar-refractivity contribution is 6.32. The molecule has 5 heteroatoms. The predicted octanol–water partition coefficient (Wildman–Crippen LogP) is 4.02. The van der Waals surface area contributed by atoms with Crippen molar-refractivity contribution in [1.29, 1.82) is 0 Å². The number of ether oxygens (including phenoxy) is 2. The van der Waals surface area contributed by atoms with Gasteiger partial charge in [0.2, 0.25) is 5.91 Å². The van der Waals surface area contributed by atoms with Gasteiger partial charge in [-0.15, -0.1) is 0 Å². The molecule has 0 N–H and O–H groups in total.